The molecule has 0 aromatic heterocycles. The Hall–Kier alpha value is -2.31. The molecule has 19 heavy (non-hydrogen) atoms. The minimum atomic E-state index is -0.698. The minimum absolute atomic E-state index is 0.00845. The molecule has 6 nitrogen and oxygen atoms in total. The second kappa shape index (κ2) is 5.55. The second-order valence-corrected chi connectivity index (χ2v) is 4.09. The molecular weight excluding hydrogens is 253 g/mol. The van der Waals surface area contributed by atoms with Gasteiger partial charge in [-0.2, -0.15) is 0 Å². The van der Waals surface area contributed by atoms with Gasteiger partial charge in [-0.1, -0.05) is 0 Å². The summed E-state index contributed by atoms with van der Waals surface area (Å²) < 4.78 is 18.0. The summed E-state index contributed by atoms with van der Waals surface area (Å²) in [5.74, 6) is -1.25. The highest BCUT2D eigenvalue weighted by molar-refractivity contribution is 5.95. The van der Waals surface area contributed by atoms with Crippen LogP contribution in [0, 0.1) is 5.82 Å². The lowest BCUT2D eigenvalue weighted by Gasteiger charge is -2.14. The minimum Gasteiger partial charge on any atom is -0.460 e. The number of amides is 2. The molecule has 1 fully saturated rings. The van der Waals surface area contributed by atoms with Crippen LogP contribution in [0.1, 0.15) is 10.4 Å². The van der Waals surface area contributed by atoms with Crippen molar-refractivity contribution in [3.8, 4) is 0 Å². The predicted molar refractivity (Wildman–Crippen MR) is 66.1 cm³/mol. The molecule has 2 amide bonds. The molecule has 102 valence electrons. The lowest BCUT2D eigenvalue weighted by atomic mass is 10.2. The number of hydrogen-bond donors (Lipinski definition) is 2. The van der Waals surface area contributed by atoms with Crippen molar-refractivity contribution in [1.29, 1.82) is 0 Å². The first-order valence-electron chi connectivity index (χ1n) is 5.83. The van der Waals surface area contributed by atoms with Crippen LogP contribution in [0.4, 0.5) is 14.9 Å². The molecule has 1 heterocycles. The van der Waals surface area contributed by atoms with Crippen LogP contribution in [0.25, 0.3) is 0 Å². The van der Waals surface area contributed by atoms with Crippen LogP contribution in [0.3, 0.4) is 0 Å². The van der Waals surface area contributed by atoms with Crippen LogP contribution in [-0.4, -0.2) is 43.1 Å². The van der Waals surface area contributed by atoms with Crippen molar-refractivity contribution < 1.29 is 18.7 Å². The van der Waals surface area contributed by atoms with E-state index in [0.717, 1.165) is 6.07 Å². The third-order valence-electron chi connectivity index (χ3n) is 2.77. The van der Waals surface area contributed by atoms with Gasteiger partial charge in [0.15, 0.2) is 0 Å². The van der Waals surface area contributed by atoms with Crippen molar-refractivity contribution in [3.63, 3.8) is 0 Å². The van der Waals surface area contributed by atoms with E-state index in [0.29, 0.717) is 19.6 Å². The summed E-state index contributed by atoms with van der Waals surface area (Å²) >= 11 is 0. The number of hydrogen-bond acceptors (Lipinski definition) is 4. The summed E-state index contributed by atoms with van der Waals surface area (Å²) in [7, 11) is 0. The third kappa shape index (κ3) is 3.12. The SMILES string of the molecule is Nc1ccc(F)cc1C(=O)OCCN1CCNC1=O. The second-order valence-electron chi connectivity index (χ2n) is 4.09. The molecule has 0 aliphatic carbocycles. The van der Waals surface area contributed by atoms with E-state index >= 15 is 0 Å². The molecule has 0 radical (unpaired) electrons. The summed E-state index contributed by atoms with van der Waals surface area (Å²) in [6, 6.07) is 3.32. The van der Waals surface area contributed by atoms with Crippen LogP contribution in [-0.2, 0) is 4.74 Å². The van der Waals surface area contributed by atoms with E-state index in [1.54, 1.807) is 0 Å². The Morgan fingerprint density at radius 1 is 1.53 bits per heavy atom. The molecule has 1 aliphatic rings. The Morgan fingerprint density at radius 3 is 3.00 bits per heavy atom. The van der Waals surface area contributed by atoms with E-state index in [2.05, 4.69) is 5.32 Å². The number of esters is 1. The molecule has 3 N–H and O–H groups in total. The maximum atomic E-state index is 13.0. The first-order chi connectivity index (χ1) is 9.08. The molecule has 0 unspecified atom stereocenters. The fourth-order valence-electron chi connectivity index (χ4n) is 1.76. The summed E-state index contributed by atoms with van der Waals surface area (Å²) in [5.41, 5.74) is 5.71. The van der Waals surface area contributed by atoms with Gasteiger partial charge in [-0.15, -0.1) is 0 Å². The van der Waals surface area contributed by atoms with Gasteiger partial charge < -0.3 is 20.7 Å². The number of carbonyl (C=O) groups is 2. The Bertz CT molecular complexity index is 507. The standard InChI is InChI=1S/C12H14FN3O3/c13-8-1-2-10(14)9(7-8)11(17)19-6-5-16-4-3-15-12(16)18/h1-2,7H,3-6,14H2,(H,15,18). The van der Waals surface area contributed by atoms with Gasteiger partial charge in [-0.25, -0.2) is 14.0 Å². The van der Waals surface area contributed by atoms with Gasteiger partial charge in [0, 0.05) is 18.8 Å². The van der Waals surface area contributed by atoms with Crippen LogP contribution < -0.4 is 11.1 Å². The Labute approximate surface area is 109 Å². The number of rotatable bonds is 4. The zero-order valence-electron chi connectivity index (χ0n) is 10.2. The summed E-state index contributed by atoms with van der Waals surface area (Å²) in [4.78, 5) is 24.4. The monoisotopic (exact) mass is 267 g/mol. The van der Waals surface area contributed by atoms with E-state index in [-0.39, 0.29) is 23.9 Å². The number of anilines is 1. The maximum Gasteiger partial charge on any atom is 0.340 e. The average molecular weight is 267 g/mol. The van der Waals surface area contributed by atoms with Gasteiger partial charge in [-0.3, -0.25) is 0 Å². The quantitative estimate of drug-likeness (QED) is 0.617. The summed E-state index contributed by atoms with van der Waals surface area (Å²) in [6.45, 7) is 1.51. The van der Waals surface area contributed by atoms with E-state index in [9.17, 15) is 14.0 Å². The highest BCUT2D eigenvalue weighted by Gasteiger charge is 2.19. The normalized spacial score (nSPS) is 14.4. The number of urea groups is 1. The number of carbonyl (C=O) groups excluding carboxylic acids is 2. The van der Waals surface area contributed by atoms with Crippen molar-refractivity contribution in [2.75, 3.05) is 32.0 Å². The number of nitrogens with two attached hydrogens (primary N) is 1. The number of halogens is 1. The van der Waals surface area contributed by atoms with Crippen molar-refractivity contribution in [2.45, 2.75) is 0 Å². The maximum absolute atomic E-state index is 13.0. The molecule has 0 bridgehead atoms. The summed E-state index contributed by atoms with van der Waals surface area (Å²) in [5, 5.41) is 2.63. The Kier molecular flexibility index (Phi) is 3.84. The molecule has 1 aliphatic heterocycles. The van der Waals surface area contributed by atoms with E-state index < -0.39 is 11.8 Å². The highest BCUT2D eigenvalue weighted by atomic mass is 19.1. The van der Waals surface area contributed by atoms with Crippen molar-refractivity contribution in [1.82, 2.24) is 10.2 Å². The molecule has 1 aromatic carbocycles. The van der Waals surface area contributed by atoms with Crippen LogP contribution in [0.15, 0.2) is 18.2 Å². The van der Waals surface area contributed by atoms with Crippen molar-refractivity contribution in [2.24, 2.45) is 0 Å². The number of nitrogen functional groups attached to an aromatic ring is 1. The molecule has 0 atom stereocenters. The molecule has 0 saturated carbocycles. The predicted octanol–water partition coefficient (Wildman–Crippen LogP) is 0.590. The van der Waals surface area contributed by atoms with E-state index in [4.69, 9.17) is 10.5 Å². The molecule has 0 spiro atoms. The van der Waals surface area contributed by atoms with Crippen LogP contribution in [0.5, 0.6) is 0 Å². The molecule has 1 aromatic rings. The number of nitrogens with one attached hydrogen (secondary N) is 1. The summed E-state index contributed by atoms with van der Waals surface area (Å²) in [6.07, 6.45) is 0. The third-order valence-corrected chi connectivity index (χ3v) is 2.77. The lowest BCUT2D eigenvalue weighted by molar-refractivity contribution is 0.0482. The zero-order valence-corrected chi connectivity index (χ0v) is 10.2. The van der Waals surface area contributed by atoms with E-state index in [1.807, 2.05) is 0 Å². The Morgan fingerprint density at radius 2 is 2.32 bits per heavy atom. The number of ether oxygens (including phenoxy) is 1. The van der Waals surface area contributed by atoms with Crippen molar-refractivity contribution >= 4 is 17.7 Å². The molecular formula is C12H14FN3O3. The van der Waals surface area contributed by atoms with Gasteiger partial charge in [0.1, 0.15) is 12.4 Å². The van der Waals surface area contributed by atoms with Gasteiger partial charge in [0.25, 0.3) is 0 Å². The van der Waals surface area contributed by atoms with Gasteiger partial charge >= 0.3 is 12.0 Å². The van der Waals surface area contributed by atoms with Gasteiger partial charge in [0.05, 0.1) is 12.1 Å². The van der Waals surface area contributed by atoms with Gasteiger partial charge in [-0.05, 0) is 18.2 Å². The first-order valence-corrected chi connectivity index (χ1v) is 5.83. The fraction of sp³-hybridized carbons (Fsp3) is 0.333. The Balaban J connectivity index is 1.87. The average Bonchev–Trinajstić information content (AvgIpc) is 2.78. The van der Waals surface area contributed by atoms with Gasteiger partial charge in [0.2, 0.25) is 0 Å². The molecule has 2 rings (SSSR count). The lowest BCUT2D eigenvalue weighted by Crippen LogP contribution is -2.31. The van der Waals surface area contributed by atoms with Crippen LogP contribution in [0.2, 0.25) is 0 Å². The van der Waals surface area contributed by atoms with Crippen LogP contribution >= 0.6 is 0 Å². The topological polar surface area (TPSA) is 84.7 Å². The fourth-order valence-corrected chi connectivity index (χ4v) is 1.76. The van der Waals surface area contributed by atoms with Crippen molar-refractivity contribution in [3.05, 3.63) is 29.6 Å². The van der Waals surface area contributed by atoms with E-state index in [1.165, 1.54) is 17.0 Å². The number of nitrogens with zero attached hydrogens (tertiary/aromatic N) is 1. The first kappa shape index (κ1) is 13.1. The molecule has 1 saturated heterocycles. The smallest absolute Gasteiger partial charge is 0.340 e. The highest BCUT2D eigenvalue weighted by Crippen LogP contribution is 2.14. The number of benzene rings is 1. The zero-order chi connectivity index (χ0) is 13.8. The molecule has 7 heteroatoms. The largest absolute Gasteiger partial charge is 0.460 e.